The van der Waals surface area contributed by atoms with Gasteiger partial charge in [0.15, 0.2) is 0 Å². The predicted octanol–water partition coefficient (Wildman–Crippen LogP) is 6.62. The van der Waals surface area contributed by atoms with Crippen molar-refractivity contribution < 1.29 is 4.74 Å². The topological polar surface area (TPSA) is 9.23 Å². The van der Waals surface area contributed by atoms with E-state index in [9.17, 15) is 0 Å². The van der Waals surface area contributed by atoms with Gasteiger partial charge < -0.3 is 4.74 Å². The van der Waals surface area contributed by atoms with E-state index in [-0.39, 0.29) is 10.8 Å². The lowest BCUT2D eigenvalue weighted by Gasteiger charge is -2.25. The molecule has 0 unspecified atom stereocenters. The zero-order chi connectivity index (χ0) is 18.8. The van der Waals surface area contributed by atoms with Crippen molar-refractivity contribution in [3.63, 3.8) is 0 Å². The molecule has 0 saturated carbocycles. The summed E-state index contributed by atoms with van der Waals surface area (Å²) in [4.78, 5) is 0. The van der Waals surface area contributed by atoms with E-state index in [0.29, 0.717) is 13.2 Å². The summed E-state index contributed by atoms with van der Waals surface area (Å²) >= 11 is 0. The standard InChI is InChI=1S/C24H34O/c1-17-9-11-19(21(13-17)23(3,4)5)15-25-16-20-12-10-18(2)14-22(20)24(6,7)8/h9-14H,15-16H2,1-8H3. The molecule has 0 N–H and O–H groups in total. The van der Waals surface area contributed by atoms with Crippen LogP contribution >= 0.6 is 0 Å². The van der Waals surface area contributed by atoms with Crippen molar-refractivity contribution in [1.82, 2.24) is 0 Å². The molecule has 0 amide bonds. The van der Waals surface area contributed by atoms with Gasteiger partial charge >= 0.3 is 0 Å². The molecule has 2 aromatic rings. The Morgan fingerprint density at radius 3 is 1.32 bits per heavy atom. The van der Waals surface area contributed by atoms with Crippen LogP contribution in [0.4, 0.5) is 0 Å². The van der Waals surface area contributed by atoms with Crippen molar-refractivity contribution >= 4 is 0 Å². The molecular formula is C24H34O. The van der Waals surface area contributed by atoms with Crippen molar-refractivity contribution in [3.05, 3.63) is 69.8 Å². The van der Waals surface area contributed by atoms with Crippen LogP contribution in [0.25, 0.3) is 0 Å². The summed E-state index contributed by atoms with van der Waals surface area (Å²) in [6.07, 6.45) is 0. The number of benzene rings is 2. The van der Waals surface area contributed by atoms with Gasteiger partial charge in [-0.25, -0.2) is 0 Å². The van der Waals surface area contributed by atoms with Gasteiger partial charge in [0, 0.05) is 0 Å². The second-order valence-corrected chi connectivity index (χ2v) is 9.31. The van der Waals surface area contributed by atoms with E-state index in [0.717, 1.165) is 0 Å². The number of rotatable bonds is 4. The smallest absolute Gasteiger partial charge is 0.0724 e. The van der Waals surface area contributed by atoms with Crippen molar-refractivity contribution in [3.8, 4) is 0 Å². The summed E-state index contributed by atoms with van der Waals surface area (Å²) in [6.45, 7) is 19.2. The van der Waals surface area contributed by atoms with Gasteiger partial charge in [-0.05, 0) is 46.9 Å². The average Bonchev–Trinajstić information content (AvgIpc) is 2.48. The Kier molecular flexibility index (Phi) is 5.79. The molecule has 1 heteroatoms. The quantitative estimate of drug-likeness (QED) is 0.609. The Bertz CT molecular complexity index is 663. The number of ether oxygens (including phenoxy) is 1. The molecule has 0 saturated heterocycles. The van der Waals surface area contributed by atoms with Gasteiger partial charge in [0.1, 0.15) is 0 Å². The van der Waals surface area contributed by atoms with E-state index in [1.165, 1.54) is 33.4 Å². The Labute approximate surface area is 154 Å². The lowest BCUT2D eigenvalue weighted by molar-refractivity contribution is 0.105. The van der Waals surface area contributed by atoms with E-state index < -0.39 is 0 Å². The minimum Gasteiger partial charge on any atom is -0.372 e. The molecule has 0 aliphatic carbocycles. The Hall–Kier alpha value is -1.60. The van der Waals surface area contributed by atoms with Crippen LogP contribution in [0.3, 0.4) is 0 Å². The molecule has 0 aromatic heterocycles. The highest BCUT2D eigenvalue weighted by atomic mass is 16.5. The van der Waals surface area contributed by atoms with E-state index >= 15 is 0 Å². The van der Waals surface area contributed by atoms with Crippen LogP contribution in [-0.4, -0.2) is 0 Å². The first kappa shape index (κ1) is 19.7. The lowest BCUT2D eigenvalue weighted by Crippen LogP contribution is -2.16. The Morgan fingerprint density at radius 2 is 1.00 bits per heavy atom. The van der Waals surface area contributed by atoms with Gasteiger partial charge in [-0.15, -0.1) is 0 Å². The molecule has 136 valence electrons. The summed E-state index contributed by atoms with van der Waals surface area (Å²) in [5, 5.41) is 0. The van der Waals surface area contributed by atoms with Crippen LogP contribution in [0.15, 0.2) is 36.4 Å². The van der Waals surface area contributed by atoms with Crippen LogP contribution in [0, 0.1) is 13.8 Å². The minimum absolute atomic E-state index is 0.130. The largest absolute Gasteiger partial charge is 0.372 e. The summed E-state index contributed by atoms with van der Waals surface area (Å²) < 4.78 is 6.16. The summed E-state index contributed by atoms with van der Waals surface area (Å²) in [6, 6.07) is 13.4. The molecule has 0 spiro atoms. The molecule has 0 radical (unpaired) electrons. The molecule has 0 bridgehead atoms. The molecule has 2 rings (SSSR count). The van der Waals surface area contributed by atoms with Crippen LogP contribution in [-0.2, 0) is 28.8 Å². The van der Waals surface area contributed by atoms with Crippen molar-refractivity contribution in [2.75, 3.05) is 0 Å². The van der Waals surface area contributed by atoms with E-state index in [1.54, 1.807) is 0 Å². The zero-order valence-corrected chi connectivity index (χ0v) is 17.3. The number of aryl methyl sites for hydroxylation is 2. The van der Waals surface area contributed by atoms with E-state index in [4.69, 9.17) is 4.74 Å². The number of hydrogen-bond donors (Lipinski definition) is 0. The first-order valence-electron chi connectivity index (χ1n) is 9.26. The summed E-state index contributed by atoms with van der Waals surface area (Å²) in [5.41, 5.74) is 8.23. The molecule has 0 heterocycles. The first-order valence-corrected chi connectivity index (χ1v) is 9.26. The first-order chi connectivity index (χ1) is 11.5. The van der Waals surface area contributed by atoms with Gasteiger partial charge in [0.2, 0.25) is 0 Å². The molecule has 0 fully saturated rings. The van der Waals surface area contributed by atoms with Gasteiger partial charge in [-0.2, -0.15) is 0 Å². The third-order valence-corrected chi connectivity index (χ3v) is 4.66. The van der Waals surface area contributed by atoms with Crippen LogP contribution in [0.2, 0.25) is 0 Å². The fourth-order valence-corrected chi connectivity index (χ4v) is 3.30. The zero-order valence-electron chi connectivity index (χ0n) is 17.3. The third kappa shape index (κ3) is 5.19. The Balaban J connectivity index is 2.18. The van der Waals surface area contributed by atoms with Crippen molar-refractivity contribution in [2.24, 2.45) is 0 Å². The Morgan fingerprint density at radius 1 is 0.640 bits per heavy atom. The molecule has 25 heavy (non-hydrogen) atoms. The maximum absolute atomic E-state index is 6.16. The molecule has 0 aliphatic heterocycles. The van der Waals surface area contributed by atoms with Gasteiger partial charge in [-0.3, -0.25) is 0 Å². The normalized spacial score (nSPS) is 12.5. The minimum atomic E-state index is 0.130. The highest BCUT2D eigenvalue weighted by Gasteiger charge is 2.20. The highest BCUT2D eigenvalue weighted by molar-refractivity contribution is 5.37. The van der Waals surface area contributed by atoms with Crippen LogP contribution in [0.1, 0.15) is 74.9 Å². The van der Waals surface area contributed by atoms with E-state index in [2.05, 4.69) is 91.8 Å². The average molecular weight is 339 g/mol. The van der Waals surface area contributed by atoms with Crippen LogP contribution in [0.5, 0.6) is 0 Å². The van der Waals surface area contributed by atoms with Crippen molar-refractivity contribution in [2.45, 2.75) is 79.4 Å². The molecule has 0 atom stereocenters. The fraction of sp³-hybridized carbons (Fsp3) is 0.500. The van der Waals surface area contributed by atoms with Gasteiger partial charge in [0.25, 0.3) is 0 Å². The molecule has 1 nitrogen and oxygen atoms in total. The van der Waals surface area contributed by atoms with Crippen LogP contribution < -0.4 is 0 Å². The molecule has 0 aliphatic rings. The molecular weight excluding hydrogens is 304 g/mol. The monoisotopic (exact) mass is 338 g/mol. The van der Waals surface area contributed by atoms with Gasteiger partial charge in [-0.1, -0.05) is 89.1 Å². The second kappa shape index (κ2) is 7.33. The third-order valence-electron chi connectivity index (χ3n) is 4.66. The lowest BCUT2D eigenvalue weighted by atomic mass is 9.83. The number of hydrogen-bond acceptors (Lipinski definition) is 1. The SMILES string of the molecule is Cc1ccc(COCc2ccc(C)cc2C(C)(C)C)c(C(C)(C)C)c1. The summed E-state index contributed by atoms with van der Waals surface area (Å²) in [7, 11) is 0. The predicted molar refractivity (Wildman–Crippen MR) is 108 cm³/mol. The van der Waals surface area contributed by atoms with E-state index in [1.807, 2.05) is 0 Å². The maximum Gasteiger partial charge on any atom is 0.0724 e. The fourth-order valence-electron chi connectivity index (χ4n) is 3.30. The molecule has 2 aromatic carbocycles. The van der Waals surface area contributed by atoms with Crippen molar-refractivity contribution in [1.29, 1.82) is 0 Å². The maximum atomic E-state index is 6.16. The van der Waals surface area contributed by atoms with Gasteiger partial charge in [0.05, 0.1) is 13.2 Å². The second-order valence-electron chi connectivity index (χ2n) is 9.31. The highest BCUT2D eigenvalue weighted by Crippen LogP contribution is 2.29. The summed E-state index contributed by atoms with van der Waals surface area (Å²) in [5.74, 6) is 0.